The van der Waals surface area contributed by atoms with Gasteiger partial charge >= 0.3 is 5.97 Å². The summed E-state index contributed by atoms with van der Waals surface area (Å²) < 4.78 is 16.0. The van der Waals surface area contributed by atoms with Crippen molar-refractivity contribution in [2.45, 2.75) is 32.2 Å². The molecule has 0 amide bonds. The molecular formula is C23H29ClN2O4. The van der Waals surface area contributed by atoms with Gasteiger partial charge in [-0.25, -0.2) is 4.79 Å². The van der Waals surface area contributed by atoms with Gasteiger partial charge in [0.15, 0.2) is 0 Å². The number of rotatable bonds is 5. The molecule has 0 aliphatic carbocycles. The van der Waals surface area contributed by atoms with Crippen LogP contribution in [0.4, 0.5) is 0 Å². The van der Waals surface area contributed by atoms with Crippen molar-refractivity contribution in [3.8, 4) is 5.75 Å². The molecule has 2 aromatic rings. The highest BCUT2D eigenvalue weighted by atomic mass is 35.5. The van der Waals surface area contributed by atoms with Crippen molar-refractivity contribution in [1.82, 2.24) is 9.88 Å². The van der Waals surface area contributed by atoms with Crippen molar-refractivity contribution >= 4 is 28.5 Å². The van der Waals surface area contributed by atoms with Gasteiger partial charge in [0.2, 0.25) is 0 Å². The molecule has 2 aliphatic rings. The maximum Gasteiger partial charge on any atom is 0.337 e. The fraction of sp³-hybridized carbons (Fsp3) is 0.522. The van der Waals surface area contributed by atoms with Gasteiger partial charge in [0.05, 0.1) is 44.7 Å². The van der Waals surface area contributed by atoms with Gasteiger partial charge in [-0.05, 0) is 42.4 Å². The van der Waals surface area contributed by atoms with E-state index in [0.29, 0.717) is 16.5 Å². The van der Waals surface area contributed by atoms with Crippen LogP contribution in [0.5, 0.6) is 5.75 Å². The van der Waals surface area contributed by atoms with Crippen LogP contribution in [0.1, 0.15) is 37.1 Å². The summed E-state index contributed by atoms with van der Waals surface area (Å²) in [7, 11) is 4.68. The maximum atomic E-state index is 12.5. The Morgan fingerprint density at radius 3 is 2.80 bits per heavy atom. The first-order chi connectivity index (χ1) is 14.5. The topological polar surface area (TPSA) is 63.8 Å². The van der Waals surface area contributed by atoms with Crippen LogP contribution in [0.25, 0.3) is 10.9 Å². The third-order valence-electron chi connectivity index (χ3n) is 6.71. The van der Waals surface area contributed by atoms with Crippen molar-refractivity contribution in [3.05, 3.63) is 40.2 Å². The number of hydrogen-bond donors (Lipinski definition) is 1. The Kier molecular flexibility index (Phi) is 5.98. The summed E-state index contributed by atoms with van der Waals surface area (Å²) >= 11 is 6.31. The van der Waals surface area contributed by atoms with E-state index in [0.717, 1.165) is 49.0 Å². The molecule has 1 aromatic heterocycles. The molecule has 7 heteroatoms. The summed E-state index contributed by atoms with van der Waals surface area (Å²) in [6, 6.07) is 4.03. The molecule has 0 saturated carbocycles. The molecule has 0 radical (unpaired) electrons. The molecule has 3 atom stereocenters. The minimum absolute atomic E-state index is 0.0755. The van der Waals surface area contributed by atoms with Crippen LogP contribution in [0.3, 0.4) is 0 Å². The van der Waals surface area contributed by atoms with Crippen LogP contribution in [-0.4, -0.2) is 50.3 Å². The van der Waals surface area contributed by atoms with E-state index >= 15 is 0 Å². The fourth-order valence-corrected chi connectivity index (χ4v) is 5.53. The summed E-state index contributed by atoms with van der Waals surface area (Å²) in [4.78, 5) is 18.7. The van der Waals surface area contributed by atoms with Crippen molar-refractivity contribution in [2.24, 2.45) is 11.8 Å². The Balaban J connectivity index is 1.78. The molecule has 1 saturated heterocycles. The Morgan fingerprint density at radius 2 is 2.13 bits per heavy atom. The number of hydrogen-bond acceptors (Lipinski definition) is 5. The Labute approximate surface area is 182 Å². The number of aromatic nitrogens is 1. The molecule has 1 fully saturated rings. The van der Waals surface area contributed by atoms with Crippen LogP contribution >= 0.6 is 11.6 Å². The number of nitrogens with one attached hydrogen (secondary N) is 1. The average Bonchev–Trinajstić information content (AvgIpc) is 3.14. The average molecular weight is 433 g/mol. The molecule has 0 unspecified atom stereocenters. The lowest BCUT2D eigenvalue weighted by atomic mass is 9.74. The van der Waals surface area contributed by atoms with Crippen LogP contribution in [0, 0.1) is 11.8 Å². The summed E-state index contributed by atoms with van der Waals surface area (Å²) in [5.74, 6) is 0.940. The lowest BCUT2D eigenvalue weighted by Crippen LogP contribution is -2.47. The number of benzene rings is 1. The number of H-pyrrole nitrogens is 1. The zero-order chi connectivity index (χ0) is 21.4. The third kappa shape index (κ3) is 3.46. The van der Waals surface area contributed by atoms with Crippen LogP contribution in [0.15, 0.2) is 24.0 Å². The second-order valence-electron chi connectivity index (χ2n) is 8.12. The van der Waals surface area contributed by atoms with E-state index in [-0.39, 0.29) is 17.9 Å². The number of fused-ring (bicyclic) bond motifs is 5. The molecule has 30 heavy (non-hydrogen) atoms. The molecule has 2 aliphatic heterocycles. The van der Waals surface area contributed by atoms with Gasteiger partial charge in [0, 0.05) is 29.2 Å². The highest BCUT2D eigenvalue weighted by Gasteiger charge is 2.42. The van der Waals surface area contributed by atoms with Crippen molar-refractivity contribution in [2.75, 3.05) is 34.4 Å². The first-order valence-electron chi connectivity index (χ1n) is 10.5. The molecule has 4 rings (SSSR count). The van der Waals surface area contributed by atoms with E-state index in [1.807, 2.05) is 12.1 Å². The number of halogens is 1. The smallest absolute Gasteiger partial charge is 0.337 e. The molecule has 3 heterocycles. The number of piperidine rings is 1. The SMILES string of the molecule is CC[C@@H]1CN2CCc3c([nH]c4cc(Cl)cc(OC)c34)[C@@H]2C[C@@H]1/C(=C\OC)C(=O)OC. The van der Waals surface area contributed by atoms with Crippen molar-refractivity contribution in [1.29, 1.82) is 0 Å². The van der Waals surface area contributed by atoms with Crippen molar-refractivity contribution in [3.63, 3.8) is 0 Å². The van der Waals surface area contributed by atoms with Gasteiger partial charge in [-0.15, -0.1) is 0 Å². The van der Waals surface area contributed by atoms with E-state index in [1.54, 1.807) is 20.5 Å². The van der Waals surface area contributed by atoms with Gasteiger partial charge in [-0.1, -0.05) is 24.9 Å². The third-order valence-corrected chi connectivity index (χ3v) is 6.93. The van der Waals surface area contributed by atoms with Gasteiger partial charge in [-0.3, -0.25) is 4.90 Å². The Bertz CT molecular complexity index is 983. The summed E-state index contributed by atoms with van der Waals surface area (Å²) in [5.41, 5.74) is 4.12. The highest BCUT2D eigenvalue weighted by Crippen LogP contribution is 2.47. The Hall–Kier alpha value is -2.18. The molecule has 1 N–H and O–H groups in total. The van der Waals surface area contributed by atoms with Gasteiger partial charge < -0.3 is 19.2 Å². The molecule has 0 bridgehead atoms. The standard InChI is InChI=1S/C23H29ClN2O4/c1-5-13-11-26-7-6-15-21-18(8-14(24)9-20(21)29-3)25-22(15)19(26)10-16(13)17(12-28-2)23(27)30-4/h8-9,12-13,16,19,25H,5-7,10-11H2,1-4H3/b17-12+/t13-,16+,19+/m1/s1. The Morgan fingerprint density at radius 1 is 1.33 bits per heavy atom. The fourth-order valence-electron chi connectivity index (χ4n) is 5.32. The number of aromatic amines is 1. The number of carbonyl (C=O) groups is 1. The maximum absolute atomic E-state index is 12.5. The van der Waals surface area contributed by atoms with Crippen LogP contribution in [0.2, 0.25) is 5.02 Å². The quantitative estimate of drug-likeness (QED) is 0.428. The molecule has 1 aromatic carbocycles. The minimum atomic E-state index is -0.310. The molecular weight excluding hydrogens is 404 g/mol. The van der Waals surface area contributed by atoms with E-state index in [9.17, 15) is 4.79 Å². The number of carbonyl (C=O) groups excluding carboxylic acids is 1. The highest BCUT2D eigenvalue weighted by molar-refractivity contribution is 6.31. The van der Waals surface area contributed by atoms with Gasteiger partial charge in [-0.2, -0.15) is 0 Å². The van der Waals surface area contributed by atoms with Gasteiger partial charge in [0.1, 0.15) is 5.75 Å². The number of nitrogens with zero attached hydrogens (tertiary/aromatic N) is 1. The van der Waals surface area contributed by atoms with Gasteiger partial charge in [0.25, 0.3) is 0 Å². The number of ether oxygens (including phenoxy) is 3. The monoisotopic (exact) mass is 432 g/mol. The van der Waals surface area contributed by atoms with Crippen LogP contribution in [-0.2, 0) is 20.7 Å². The number of methoxy groups -OCH3 is 3. The normalized spacial score (nSPS) is 24.3. The lowest BCUT2D eigenvalue weighted by Gasteiger charge is -2.46. The van der Waals surface area contributed by atoms with Crippen LogP contribution < -0.4 is 4.74 Å². The minimum Gasteiger partial charge on any atom is -0.504 e. The predicted octanol–water partition coefficient (Wildman–Crippen LogP) is 4.48. The van der Waals surface area contributed by atoms with Crippen molar-refractivity contribution < 1.29 is 19.0 Å². The van der Waals surface area contributed by atoms with E-state index in [1.165, 1.54) is 18.4 Å². The first kappa shape index (κ1) is 21.1. The van der Waals surface area contributed by atoms with E-state index in [4.69, 9.17) is 25.8 Å². The largest absolute Gasteiger partial charge is 0.504 e. The predicted molar refractivity (Wildman–Crippen MR) is 117 cm³/mol. The lowest BCUT2D eigenvalue weighted by molar-refractivity contribution is -0.137. The molecule has 0 spiro atoms. The zero-order valence-electron chi connectivity index (χ0n) is 18.0. The molecule has 6 nitrogen and oxygen atoms in total. The number of esters is 1. The van der Waals surface area contributed by atoms with E-state index in [2.05, 4.69) is 16.8 Å². The molecule has 162 valence electrons. The summed E-state index contributed by atoms with van der Waals surface area (Å²) in [6.07, 6.45) is 4.35. The summed E-state index contributed by atoms with van der Waals surface area (Å²) in [5, 5.41) is 1.77. The first-order valence-corrected chi connectivity index (χ1v) is 10.8. The second-order valence-corrected chi connectivity index (χ2v) is 8.56. The summed E-state index contributed by atoms with van der Waals surface area (Å²) in [6.45, 7) is 4.11. The second kappa shape index (κ2) is 8.52. The zero-order valence-corrected chi connectivity index (χ0v) is 18.7. The van der Waals surface area contributed by atoms with E-state index < -0.39 is 0 Å².